The van der Waals surface area contributed by atoms with Crippen molar-refractivity contribution in [1.82, 2.24) is 9.97 Å². The Bertz CT molecular complexity index is 768. The SMILES string of the molecule is CS(=O)(=O)c1ccc(Nc2cc(N)nc(C3CC3)n2)cc1. The van der Waals surface area contributed by atoms with Crippen molar-refractivity contribution in [2.45, 2.75) is 23.7 Å². The lowest BCUT2D eigenvalue weighted by atomic mass is 10.3. The number of rotatable bonds is 4. The first-order chi connectivity index (χ1) is 9.91. The molecular formula is C14H16N4O2S. The molecule has 6 nitrogen and oxygen atoms in total. The molecule has 1 aliphatic rings. The molecule has 0 saturated heterocycles. The molecule has 1 aromatic heterocycles. The summed E-state index contributed by atoms with van der Waals surface area (Å²) in [6.07, 6.45) is 3.39. The number of sulfone groups is 1. The maximum atomic E-state index is 11.4. The standard InChI is InChI=1S/C14H16N4O2S/c1-21(19,20)11-6-4-10(5-7-11)16-13-8-12(15)17-14(18-13)9-2-3-9/h4-9H,2-3H2,1H3,(H3,15,16,17,18). The second-order valence-corrected chi connectivity index (χ2v) is 7.25. The number of hydrogen-bond acceptors (Lipinski definition) is 6. The van der Waals surface area contributed by atoms with E-state index in [4.69, 9.17) is 5.73 Å². The van der Waals surface area contributed by atoms with Gasteiger partial charge in [-0.05, 0) is 37.1 Å². The van der Waals surface area contributed by atoms with Gasteiger partial charge in [-0.3, -0.25) is 0 Å². The minimum absolute atomic E-state index is 0.286. The van der Waals surface area contributed by atoms with Crippen molar-refractivity contribution in [1.29, 1.82) is 0 Å². The average Bonchev–Trinajstić information content (AvgIpc) is 3.21. The maximum Gasteiger partial charge on any atom is 0.175 e. The minimum atomic E-state index is -3.18. The van der Waals surface area contributed by atoms with Gasteiger partial charge in [0.05, 0.1) is 4.90 Å². The van der Waals surface area contributed by atoms with E-state index < -0.39 is 9.84 Å². The quantitative estimate of drug-likeness (QED) is 0.897. The van der Waals surface area contributed by atoms with Crippen LogP contribution in [0.3, 0.4) is 0 Å². The number of aromatic nitrogens is 2. The molecule has 0 bridgehead atoms. The normalized spacial score (nSPS) is 14.9. The van der Waals surface area contributed by atoms with E-state index in [2.05, 4.69) is 15.3 Å². The largest absolute Gasteiger partial charge is 0.384 e. The van der Waals surface area contributed by atoms with Crippen LogP contribution in [0.15, 0.2) is 35.2 Å². The number of hydrogen-bond donors (Lipinski definition) is 2. The van der Waals surface area contributed by atoms with Crippen LogP contribution in [0.25, 0.3) is 0 Å². The van der Waals surface area contributed by atoms with Gasteiger partial charge in [0.25, 0.3) is 0 Å². The third-order valence-corrected chi connectivity index (χ3v) is 4.39. The molecule has 7 heteroatoms. The molecule has 0 atom stereocenters. The molecule has 3 N–H and O–H groups in total. The minimum Gasteiger partial charge on any atom is -0.384 e. The van der Waals surface area contributed by atoms with Crippen LogP contribution in [0, 0.1) is 0 Å². The van der Waals surface area contributed by atoms with E-state index in [1.165, 1.54) is 6.26 Å². The predicted molar refractivity (Wildman–Crippen MR) is 81.3 cm³/mol. The Hall–Kier alpha value is -2.15. The van der Waals surface area contributed by atoms with E-state index in [-0.39, 0.29) is 4.90 Å². The van der Waals surface area contributed by atoms with Crippen LogP contribution in [-0.4, -0.2) is 24.6 Å². The lowest BCUT2D eigenvalue weighted by Gasteiger charge is -2.08. The zero-order chi connectivity index (χ0) is 15.0. The lowest BCUT2D eigenvalue weighted by Crippen LogP contribution is -2.03. The van der Waals surface area contributed by atoms with Crippen LogP contribution in [-0.2, 0) is 9.84 Å². The molecule has 1 aromatic carbocycles. The Balaban J connectivity index is 1.83. The zero-order valence-corrected chi connectivity index (χ0v) is 12.4. The smallest absolute Gasteiger partial charge is 0.175 e. The second kappa shape index (κ2) is 5.00. The Morgan fingerprint density at radius 1 is 1.19 bits per heavy atom. The van der Waals surface area contributed by atoms with E-state index in [1.807, 2.05) is 0 Å². The molecule has 0 aliphatic heterocycles. The first-order valence-electron chi connectivity index (χ1n) is 6.63. The van der Waals surface area contributed by atoms with Gasteiger partial charge in [-0.1, -0.05) is 0 Å². The summed E-state index contributed by atoms with van der Waals surface area (Å²) in [5, 5.41) is 3.12. The molecule has 1 heterocycles. The van der Waals surface area contributed by atoms with Crippen molar-refractivity contribution >= 4 is 27.2 Å². The molecule has 0 radical (unpaired) electrons. The highest BCUT2D eigenvalue weighted by Gasteiger charge is 2.27. The molecule has 0 amide bonds. The predicted octanol–water partition coefficient (Wildman–Crippen LogP) is 2.08. The van der Waals surface area contributed by atoms with E-state index in [0.29, 0.717) is 17.6 Å². The van der Waals surface area contributed by atoms with Crippen LogP contribution in [0.2, 0.25) is 0 Å². The highest BCUT2D eigenvalue weighted by atomic mass is 32.2. The molecule has 1 fully saturated rings. The van der Waals surface area contributed by atoms with Crippen molar-refractivity contribution in [2.24, 2.45) is 0 Å². The van der Waals surface area contributed by atoms with Gasteiger partial charge in [0.15, 0.2) is 9.84 Å². The molecule has 0 unspecified atom stereocenters. The van der Waals surface area contributed by atoms with Crippen molar-refractivity contribution in [3.05, 3.63) is 36.2 Å². The Kier molecular flexibility index (Phi) is 3.29. The Labute approximate surface area is 123 Å². The molecule has 3 rings (SSSR count). The summed E-state index contributed by atoms with van der Waals surface area (Å²) in [7, 11) is -3.18. The van der Waals surface area contributed by atoms with Crippen LogP contribution in [0.1, 0.15) is 24.6 Å². The summed E-state index contributed by atoms with van der Waals surface area (Å²) in [6.45, 7) is 0. The summed E-state index contributed by atoms with van der Waals surface area (Å²) in [6, 6.07) is 8.18. The molecule has 0 spiro atoms. The summed E-state index contributed by atoms with van der Waals surface area (Å²) >= 11 is 0. The van der Waals surface area contributed by atoms with Gasteiger partial charge in [-0.2, -0.15) is 0 Å². The van der Waals surface area contributed by atoms with Gasteiger partial charge in [0.2, 0.25) is 0 Å². The van der Waals surface area contributed by atoms with E-state index >= 15 is 0 Å². The molecule has 21 heavy (non-hydrogen) atoms. The summed E-state index contributed by atoms with van der Waals surface area (Å²) in [4.78, 5) is 8.96. The Morgan fingerprint density at radius 2 is 1.86 bits per heavy atom. The topological polar surface area (TPSA) is 98.0 Å². The van der Waals surface area contributed by atoms with Gasteiger partial charge in [-0.15, -0.1) is 0 Å². The van der Waals surface area contributed by atoms with Crippen molar-refractivity contribution in [3.8, 4) is 0 Å². The summed E-state index contributed by atoms with van der Waals surface area (Å²) < 4.78 is 22.8. The van der Waals surface area contributed by atoms with Crippen molar-refractivity contribution < 1.29 is 8.42 Å². The molecular weight excluding hydrogens is 288 g/mol. The van der Waals surface area contributed by atoms with Crippen molar-refractivity contribution in [3.63, 3.8) is 0 Å². The van der Waals surface area contributed by atoms with Crippen LogP contribution in [0.5, 0.6) is 0 Å². The number of nitrogens with two attached hydrogens (primary N) is 1. The van der Waals surface area contributed by atoms with E-state index in [9.17, 15) is 8.42 Å². The Morgan fingerprint density at radius 3 is 2.43 bits per heavy atom. The molecule has 2 aromatic rings. The number of anilines is 3. The zero-order valence-electron chi connectivity index (χ0n) is 11.6. The fraction of sp³-hybridized carbons (Fsp3) is 0.286. The molecule has 1 aliphatic carbocycles. The van der Waals surface area contributed by atoms with Crippen LogP contribution >= 0.6 is 0 Å². The maximum absolute atomic E-state index is 11.4. The first-order valence-corrected chi connectivity index (χ1v) is 8.52. The van der Waals surface area contributed by atoms with Gasteiger partial charge in [0.1, 0.15) is 17.5 Å². The number of nitrogens with one attached hydrogen (secondary N) is 1. The third-order valence-electron chi connectivity index (χ3n) is 3.26. The fourth-order valence-electron chi connectivity index (χ4n) is 2.01. The van der Waals surface area contributed by atoms with Gasteiger partial charge in [-0.25, -0.2) is 18.4 Å². The van der Waals surface area contributed by atoms with Gasteiger partial charge in [0, 0.05) is 23.9 Å². The summed E-state index contributed by atoms with van der Waals surface area (Å²) in [5.74, 6) is 2.24. The highest BCUT2D eigenvalue weighted by Crippen LogP contribution is 2.38. The third kappa shape index (κ3) is 3.30. The molecule has 110 valence electrons. The highest BCUT2D eigenvalue weighted by molar-refractivity contribution is 7.90. The van der Waals surface area contributed by atoms with Gasteiger partial charge < -0.3 is 11.1 Å². The number of nitrogens with zero attached hydrogens (tertiary/aromatic N) is 2. The van der Waals surface area contributed by atoms with E-state index in [1.54, 1.807) is 30.3 Å². The summed E-state index contributed by atoms with van der Waals surface area (Å²) in [5.41, 5.74) is 6.54. The van der Waals surface area contributed by atoms with Crippen molar-refractivity contribution in [2.75, 3.05) is 17.3 Å². The fourth-order valence-corrected chi connectivity index (χ4v) is 2.64. The monoisotopic (exact) mass is 304 g/mol. The average molecular weight is 304 g/mol. The number of nitrogen functional groups attached to an aromatic ring is 1. The van der Waals surface area contributed by atoms with E-state index in [0.717, 1.165) is 24.4 Å². The lowest BCUT2D eigenvalue weighted by molar-refractivity contribution is 0.602. The number of benzene rings is 1. The van der Waals surface area contributed by atoms with Gasteiger partial charge >= 0.3 is 0 Å². The first kappa shape index (κ1) is 13.8. The second-order valence-electron chi connectivity index (χ2n) is 5.23. The molecule has 1 saturated carbocycles. The van der Waals surface area contributed by atoms with Crippen LogP contribution in [0.4, 0.5) is 17.3 Å². The van der Waals surface area contributed by atoms with Crippen LogP contribution < -0.4 is 11.1 Å².